The molecule has 1 saturated carbocycles. The van der Waals surface area contributed by atoms with Gasteiger partial charge in [-0.3, -0.25) is 9.88 Å². The topological polar surface area (TPSA) is 83.0 Å². The van der Waals surface area contributed by atoms with Gasteiger partial charge in [0.2, 0.25) is 10.0 Å². The summed E-state index contributed by atoms with van der Waals surface area (Å²) in [6.45, 7) is 4.97. The summed E-state index contributed by atoms with van der Waals surface area (Å²) >= 11 is 0. The van der Waals surface area contributed by atoms with Crippen molar-refractivity contribution in [2.45, 2.75) is 50.3 Å². The molecule has 1 aliphatic heterocycles. The number of aromatic nitrogens is 1. The Balaban J connectivity index is 1.66. The second-order valence-corrected chi connectivity index (χ2v) is 11.3. The van der Waals surface area contributed by atoms with E-state index in [1.807, 2.05) is 32.2 Å². The zero-order valence-electron chi connectivity index (χ0n) is 20.0. The van der Waals surface area contributed by atoms with Gasteiger partial charge in [0, 0.05) is 49.3 Å². The third kappa shape index (κ3) is 5.78. The van der Waals surface area contributed by atoms with Crippen LogP contribution in [0.5, 0.6) is 5.75 Å². The summed E-state index contributed by atoms with van der Waals surface area (Å²) in [5.41, 5.74) is 1.70. The van der Waals surface area contributed by atoms with Crippen LogP contribution in [0.1, 0.15) is 37.9 Å². The van der Waals surface area contributed by atoms with Gasteiger partial charge in [0.15, 0.2) is 0 Å². The molecule has 1 aromatic heterocycles. The van der Waals surface area contributed by atoms with E-state index in [2.05, 4.69) is 21.7 Å². The second-order valence-electron chi connectivity index (χ2n) is 9.46. The molecule has 0 amide bonds. The molecule has 7 nitrogen and oxygen atoms in total. The largest absolute Gasteiger partial charge is 0.487 e. The molecule has 2 heterocycles. The fourth-order valence-corrected chi connectivity index (χ4v) is 5.90. The summed E-state index contributed by atoms with van der Waals surface area (Å²) in [6.07, 6.45) is 3.76. The highest BCUT2D eigenvalue weighted by Gasteiger charge is 2.38. The first-order valence-corrected chi connectivity index (χ1v) is 13.3. The van der Waals surface area contributed by atoms with Gasteiger partial charge in [-0.1, -0.05) is 24.8 Å². The van der Waals surface area contributed by atoms with Gasteiger partial charge in [-0.25, -0.2) is 8.42 Å². The van der Waals surface area contributed by atoms with E-state index in [4.69, 9.17) is 4.74 Å². The minimum Gasteiger partial charge on any atom is -0.487 e. The van der Waals surface area contributed by atoms with E-state index in [1.54, 1.807) is 31.3 Å². The van der Waals surface area contributed by atoms with E-state index in [0.717, 1.165) is 24.1 Å². The summed E-state index contributed by atoms with van der Waals surface area (Å²) in [5.74, 6) is 7.06. The molecule has 1 fully saturated rings. The monoisotopic (exact) mass is 483 g/mol. The lowest BCUT2D eigenvalue weighted by molar-refractivity contribution is 0.0730. The Labute approximate surface area is 202 Å². The fraction of sp³-hybridized carbons (Fsp3) is 0.500. The van der Waals surface area contributed by atoms with Gasteiger partial charge in [0.05, 0.1) is 12.3 Å². The van der Waals surface area contributed by atoms with Gasteiger partial charge in [0.1, 0.15) is 16.7 Å². The average molecular weight is 484 g/mol. The number of sulfonamides is 1. The maximum absolute atomic E-state index is 13.6. The van der Waals surface area contributed by atoms with Crippen LogP contribution >= 0.6 is 0 Å². The van der Waals surface area contributed by atoms with Gasteiger partial charge < -0.3 is 9.84 Å². The molecule has 1 aromatic carbocycles. The highest BCUT2D eigenvalue weighted by atomic mass is 32.2. The third-order valence-electron chi connectivity index (χ3n) is 6.31. The number of aliphatic hydroxyl groups excluding tert-OH is 1. The Morgan fingerprint density at radius 3 is 2.76 bits per heavy atom. The number of aliphatic hydroxyl groups is 1. The van der Waals surface area contributed by atoms with Crippen molar-refractivity contribution < 1.29 is 18.3 Å². The lowest BCUT2D eigenvalue weighted by Gasteiger charge is -2.37. The van der Waals surface area contributed by atoms with Crippen LogP contribution in [0, 0.1) is 23.7 Å². The molecule has 182 valence electrons. The Hall–Kier alpha value is -2.44. The summed E-state index contributed by atoms with van der Waals surface area (Å²) in [7, 11) is -1.84. The number of likely N-dealkylation sites (N-methyl/N-ethyl adjacent to an activating group) is 1. The molecule has 0 bridgehead atoms. The van der Waals surface area contributed by atoms with Crippen LogP contribution in [0.15, 0.2) is 47.5 Å². The molecule has 34 heavy (non-hydrogen) atoms. The number of ether oxygens (including phenoxy) is 1. The molecule has 1 N–H and O–H groups in total. The summed E-state index contributed by atoms with van der Waals surface area (Å²) in [5, 5.41) is 9.79. The van der Waals surface area contributed by atoms with E-state index < -0.39 is 16.1 Å². The van der Waals surface area contributed by atoms with Gasteiger partial charge in [-0.15, -0.1) is 0 Å². The molecule has 0 radical (unpaired) electrons. The maximum Gasteiger partial charge on any atom is 0.247 e. The highest BCUT2D eigenvalue weighted by Crippen LogP contribution is 2.34. The normalized spacial score (nSPS) is 23.1. The van der Waals surface area contributed by atoms with Gasteiger partial charge >= 0.3 is 0 Å². The third-order valence-corrected chi connectivity index (χ3v) is 8.33. The molecule has 0 unspecified atom stereocenters. The fourth-order valence-electron chi connectivity index (χ4n) is 4.07. The maximum atomic E-state index is 13.6. The number of hydrogen-bond acceptors (Lipinski definition) is 6. The van der Waals surface area contributed by atoms with E-state index >= 15 is 0 Å². The van der Waals surface area contributed by atoms with Crippen LogP contribution in [-0.2, 0) is 16.6 Å². The molecule has 3 atom stereocenters. The van der Waals surface area contributed by atoms with E-state index in [9.17, 15) is 13.5 Å². The molecule has 0 spiro atoms. The minimum atomic E-state index is -3.85. The second kappa shape index (κ2) is 10.4. The van der Waals surface area contributed by atoms with Gasteiger partial charge in [-0.05, 0) is 57.1 Å². The van der Waals surface area contributed by atoms with E-state index in [0.29, 0.717) is 24.8 Å². The van der Waals surface area contributed by atoms with Crippen molar-refractivity contribution in [3.63, 3.8) is 0 Å². The molecular formula is C26H33N3O4S. The number of benzene rings is 1. The van der Waals surface area contributed by atoms with Crippen molar-refractivity contribution in [2.24, 2.45) is 11.8 Å². The zero-order chi connectivity index (χ0) is 24.3. The van der Waals surface area contributed by atoms with Crippen molar-refractivity contribution in [3.05, 3.63) is 53.9 Å². The van der Waals surface area contributed by atoms with E-state index in [-0.39, 0.29) is 30.1 Å². The van der Waals surface area contributed by atoms with Crippen LogP contribution in [0.4, 0.5) is 0 Å². The first kappa shape index (κ1) is 24.7. The Bertz CT molecular complexity index is 1160. The average Bonchev–Trinajstić information content (AvgIpc) is 3.64. The molecule has 2 aromatic rings. The van der Waals surface area contributed by atoms with Crippen molar-refractivity contribution >= 4 is 10.0 Å². The smallest absolute Gasteiger partial charge is 0.247 e. The number of pyridine rings is 1. The van der Waals surface area contributed by atoms with Crippen molar-refractivity contribution in [1.29, 1.82) is 0 Å². The van der Waals surface area contributed by atoms with Crippen LogP contribution < -0.4 is 4.74 Å². The summed E-state index contributed by atoms with van der Waals surface area (Å²) in [4.78, 5) is 6.66. The quantitative estimate of drug-likeness (QED) is 0.637. The summed E-state index contributed by atoms with van der Waals surface area (Å²) < 4.78 is 34.9. The van der Waals surface area contributed by atoms with Crippen LogP contribution in [-0.4, -0.2) is 66.6 Å². The first-order chi connectivity index (χ1) is 16.3. The lowest BCUT2D eigenvalue weighted by Crippen LogP contribution is -2.49. The first-order valence-electron chi connectivity index (χ1n) is 11.8. The van der Waals surface area contributed by atoms with Crippen LogP contribution in [0.25, 0.3) is 0 Å². The van der Waals surface area contributed by atoms with Gasteiger partial charge in [-0.2, -0.15) is 4.31 Å². The molecule has 0 saturated heterocycles. The predicted octanol–water partition coefficient (Wildman–Crippen LogP) is 2.74. The van der Waals surface area contributed by atoms with Crippen LogP contribution in [0.3, 0.4) is 0 Å². The molecule has 4 rings (SSSR count). The summed E-state index contributed by atoms with van der Waals surface area (Å²) in [6, 6.07) is 10.4. The SMILES string of the molecule is C[C@H]1CN([C@@H](C)CO)S(=O)(=O)c2ccc(C#CC3CC3)cc2O[C@H]1CN(C)Cc1ccccn1. The lowest BCUT2D eigenvalue weighted by atomic mass is 10.0. The minimum absolute atomic E-state index is 0.107. The number of nitrogens with zero attached hydrogens (tertiary/aromatic N) is 3. The van der Waals surface area contributed by atoms with E-state index in [1.165, 1.54) is 4.31 Å². The van der Waals surface area contributed by atoms with Crippen LogP contribution in [0.2, 0.25) is 0 Å². The highest BCUT2D eigenvalue weighted by molar-refractivity contribution is 7.89. The number of hydrogen-bond donors (Lipinski definition) is 1. The molecule has 1 aliphatic carbocycles. The molecular weight excluding hydrogens is 450 g/mol. The standard InChI is InChI=1S/C26H33N3O4S/c1-19-15-29(20(2)18-30)34(31,32)26-12-11-22(10-9-21-7-8-21)14-24(26)33-25(19)17-28(3)16-23-6-4-5-13-27-23/h4-6,11-14,19-21,25,30H,7-8,15-18H2,1-3H3/t19-,20-,25-/m0/s1. The van der Waals surface area contributed by atoms with Gasteiger partial charge in [0.25, 0.3) is 0 Å². The van der Waals surface area contributed by atoms with Crippen molar-refractivity contribution in [2.75, 3.05) is 26.7 Å². The Morgan fingerprint density at radius 2 is 2.09 bits per heavy atom. The van der Waals surface area contributed by atoms with Crippen molar-refractivity contribution in [3.8, 4) is 17.6 Å². The molecule has 2 aliphatic rings. The number of rotatable bonds is 6. The Kier molecular flexibility index (Phi) is 7.58. The predicted molar refractivity (Wildman–Crippen MR) is 131 cm³/mol. The Morgan fingerprint density at radius 1 is 1.29 bits per heavy atom. The molecule has 8 heteroatoms. The number of fused-ring (bicyclic) bond motifs is 1. The zero-order valence-corrected chi connectivity index (χ0v) is 20.8. The van der Waals surface area contributed by atoms with Crippen molar-refractivity contribution in [1.82, 2.24) is 14.2 Å².